The molecular formula is C11H18FN3O3. The molecule has 6 nitrogen and oxygen atoms in total. The van der Waals surface area contributed by atoms with Gasteiger partial charge in [-0.1, -0.05) is 0 Å². The van der Waals surface area contributed by atoms with E-state index in [-0.39, 0.29) is 6.54 Å². The summed E-state index contributed by atoms with van der Waals surface area (Å²) in [5.74, 6) is -2.23. The Labute approximate surface area is 104 Å². The van der Waals surface area contributed by atoms with E-state index in [4.69, 9.17) is 0 Å². The van der Waals surface area contributed by atoms with Gasteiger partial charge in [-0.15, -0.1) is 0 Å². The van der Waals surface area contributed by atoms with Gasteiger partial charge in [0, 0.05) is 12.6 Å². The molecule has 0 aliphatic heterocycles. The fourth-order valence-corrected chi connectivity index (χ4v) is 1.48. The highest BCUT2D eigenvalue weighted by molar-refractivity contribution is 5.09. The van der Waals surface area contributed by atoms with Gasteiger partial charge in [-0.2, -0.15) is 4.39 Å². The summed E-state index contributed by atoms with van der Waals surface area (Å²) < 4.78 is 13.9. The molecule has 0 saturated heterocycles. The molecule has 7 heteroatoms. The van der Waals surface area contributed by atoms with Crippen molar-refractivity contribution in [2.24, 2.45) is 0 Å². The van der Waals surface area contributed by atoms with Crippen LogP contribution in [0.1, 0.15) is 20.3 Å². The number of nitrogens with zero attached hydrogens (tertiary/aromatic N) is 2. The maximum Gasteiger partial charge on any atom is 0.331 e. The zero-order chi connectivity index (χ0) is 13.9. The number of hydrogen-bond acceptors (Lipinski definition) is 4. The van der Waals surface area contributed by atoms with Gasteiger partial charge in [0.15, 0.2) is 0 Å². The molecule has 0 bridgehead atoms. The predicted octanol–water partition coefficient (Wildman–Crippen LogP) is 0.112. The number of halogens is 1. The standard InChI is InChI=1S/C11H18FN3O3/c1-7(2)14(3)5-4-6-15-10(17)8(12)9(16)13-11(15)18/h7,17H,4-6H2,1-3H3,(H,13,16,18). The van der Waals surface area contributed by atoms with Gasteiger partial charge < -0.3 is 10.0 Å². The molecule has 0 saturated carbocycles. The molecular weight excluding hydrogens is 241 g/mol. The van der Waals surface area contributed by atoms with E-state index in [0.717, 1.165) is 4.57 Å². The summed E-state index contributed by atoms with van der Waals surface area (Å²) in [6.45, 7) is 4.91. The van der Waals surface area contributed by atoms with Crippen molar-refractivity contribution in [2.75, 3.05) is 13.6 Å². The van der Waals surface area contributed by atoms with Crippen molar-refractivity contribution in [3.05, 3.63) is 26.7 Å². The Morgan fingerprint density at radius 3 is 2.61 bits per heavy atom. The first-order valence-electron chi connectivity index (χ1n) is 5.76. The van der Waals surface area contributed by atoms with Crippen LogP contribution < -0.4 is 11.2 Å². The van der Waals surface area contributed by atoms with Gasteiger partial charge in [0.2, 0.25) is 11.7 Å². The van der Waals surface area contributed by atoms with Crippen LogP contribution in [0.3, 0.4) is 0 Å². The second-order valence-electron chi connectivity index (χ2n) is 4.48. The van der Waals surface area contributed by atoms with Crippen molar-refractivity contribution in [1.29, 1.82) is 0 Å². The molecule has 1 rings (SSSR count). The van der Waals surface area contributed by atoms with Crippen molar-refractivity contribution in [1.82, 2.24) is 14.5 Å². The van der Waals surface area contributed by atoms with Crippen molar-refractivity contribution in [2.45, 2.75) is 32.9 Å². The van der Waals surface area contributed by atoms with Crippen LogP contribution in [0.2, 0.25) is 0 Å². The van der Waals surface area contributed by atoms with E-state index < -0.39 is 22.9 Å². The third-order valence-electron chi connectivity index (χ3n) is 2.89. The summed E-state index contributed by atoms with van der Waals surface area (Å²) in [4.78, 5) is 26.1. The highest BCUT2D eigenvalue weighted by atomic mass is 19.1. The normalized spacial score (nSPS) is 11.4. The summed E-state index contributed by atoms with van der Waals surface area (Å²) in [6.07, 6.45) is 0.563. The number of rotatable bonds is 5. The Hall–Kier alpha value is -1.63. The highest BCUT2D eigenvalue weighted by Gasteiger charge is 2.13. The lowest BCUT2D eigenvalue weighted by atomic mass is 10.3. The fraction of sp³-hybridized carbons (Fsp3) is 0.636. The van der Waals surface area contributed by atoms with E-state index in [0.29, 0.717) is 19.0 Å². The van der Waals surface area contributed by atoms with Gasteiger partial charge in [0.1, 0.15) is 0 Å². The SMILES string of the molecule is CC(C)N(C)CCCn1c(O)c(F)c(=O)[nH]c1=O. The quantitative estimate of drug-likeness (QED) is 0.787. The van der Waals surface area contributed by atoms with Crippen LogP contribution in [0, 0.1) is 5.82 Å². The second kappa shape index (κ2) is 5.81. The molecule has 1 heterocycles. The average Bonchev–Trinajstić information content (AvgIpc) is 2.30. The first-order chi connectivity index (χ1) is 8.34. The minimum atomic E-state index is -1.33. The van der Waals surface area contributed by atoms with E-state index in [1.807, 2.05) is 25.9 Å². The lowest BCUT2D eigenvalue weighted by Crippen LogP contribution is -2.33. The van der Waals surface area contributed by atoms with Crippen molar-refractivity contribution < 1.29 is 9.50 Å². The van der Waals surface area contributed by atoms with Gasteiger partial charge >= 0.3 is 5.69 Å². The Balaban J connectivity index is 2.78. The lowest BCUT2D eigenvalue weighted by molar-refractivity contribution is 0.260. The van der Waals surface area contributed by atoms with Gasteiger partial charge in [-0.05, 0) is 33.9 Å². The topological polar surface area (TPSA) is 78.3 Å². The minimum absolute atomic E-state index is 0.148. The van der Waals surface area contributed by atoms with Crippen molar-refractivity contribution in [3.63, 3.8) is 0 Å². The summed E-state index contributed by atoms with van der Waals surface area (Å²) in [6, 6.07) is 0.364. The molecule has 18 heavy (non-hydrogen) atoms. The van der Waals surface area contributed by atoms with E-state index >= 15 is 0 Å². The highest BCUT2D eigenvalue weighted by Crippen LogP contribution is 2.08. The summed E-state index contributed by atoms with van der Waals surface area (Å²) in [5, 5.41) is 9.39. The van der Waals surface area contributed by atoms with Gasteiger partial charge in [-0.3, -0.25) is 14.3 Å². The Morgan fingerprint density at radius 2 is 2.06 bits per heavy atom. The smallest absolute Gasteiger partial charge is 0.331 e. The van der Waals surface area contributed by atoms with Crippen LogP contribution in [-0.4, -0.2) is 39.2 Å². The van der Waals surface area contributed by atoms with Gasteiger partial charge in [0.05, 0.1) is 0 Å². The Morgan fingerprint density at radius 1 is 1.44 bits per heavy atom. The molecule has 0 atom stereocenters. The number of aromatic nitrogens is 2. The number of nitrogens with one attached hydrogen (secondary N) is 1. The number of aromatic hydroxyl groups is 1. The molecule has 0 spiro atoms. The Kier molecular flexibility index (Phi) is 4.66. The second-order valence-corrected chi connectivity index (χ2v) is 4.48. The van der Waals surface area contributed by atoms with Crippen LogP contribution in [0.15, 0.2) is 9.59 Å². The molecule has 2 N–H and O–H groups in total. The zero-order valence-electron chi connectivity index (χ0n) is 10.7. The Bertz CT molecular complexity index is 521. The number of aromatic amines is 1. The van der Waals surface area contributed by atoms with Gasteiger partial charge in [0.25, 0.3) is 5.56 Å². The van der Waals surface area contributed by atoms with E-state index in [1.54, 1.807) is 0 Å². The van der Waals surface area contributed by atoms with Crippen LogP contribution in [0.5, 0.6) is 5.88 Å². The largest absolute Gasteiger partial charge is 0.492 e. The monoisotopic (exact) mass is 259 g/mol. The van der Waals surface area contributed by atoms with Crippen LogP contribution in [0.4, 0.5) is 4.39 Å². The third-order valence-corrected chi connectivity index (χ3v) is 2.89. The van der Waals surface area contributed by atoms with Crippen molar-refractivity contribution >= 4 is 0 Å². The maximum absolute atomic E-state index is 13.1. The first-order valence-corrected chi connectivity index (χ1v) is 5.76. The number of hydrogen-bond donors (Lipinski definition) is 2. The molecule has 0 aromatic carbocycles. The van der Waals surface area contributed by atoms with E-state index in [1.165, 1.54) is 0 Å². The molecule has 0 fully saturated rings. The third kappa shape index (κ3) is 3.19. The van der Waals surface area contributed by atoms with Gasteiger partial charge in [-0.25, -0.2) is 4.79 Å². The average molecular weight is 259 g/mol. The predicted molar refractivity (Wildman–Crippen MR) is 65.3 cm³/mol. The molecule has 1 aromatic rings. The maximum atomic E-state index is 13.1. The molecule has 0 unspecified atom stereocenters. The first kappa shape index (κ1) is 14.4. The summed E-state index contributed by atoms with van der Waals surface area (Å²) in [5.41, 5.74) is -2.00. The van der Waals surface area contributed by atoms with Crippen molar-refractivity contribution in [3.8, 4) is 5.88 Å². The molecule has 0 aliphatic carbocycles. The molecule has 0 radical (unpaired) electrons. The van der Waals surface area contributed by atoms with Crippen LogP contribution in [0.25, 0.3) is 0 Å². The number of H-pyrrole nitrogens is 1. The summed E-state index contributed by atoms with van der Waals surface area (Å²) in [7, 11) is 1.93. The molecule has 102 valence electrons. The van der Waals surface area contributed by atoms with E-state index in [9.17, 15) is 19.1 Å². The zero-order valence-corrected chi connectivity index (χ0v) is 10.7. The lowest BCUT2D eigenvalue weighted by Gasteiger charge is -2.20. The fourth-order valence-electron chi connectivity index (χ4n) is 1.48. The molecule has 0 aliphatic rings. The minimum Gasteiger partial charge on any atom is -0.492 e. The van der Waals surface area contributed by atoms with Crippen LogP contribution >= 0.6 is 0 Å². The summed E-state index contributed by atoms with van der Waals surface area (Å²) >= 11 is 0. The van der Waals surface area contributed by atoms with Crippen LogP contribution in [-0.2, 0) is 6.54 Å². The molecule has 0 amide bonds. The molecule has 1 aromatic heterocycles. The van der Waals surface area contributed by atoms with E-state index in [2.05, 4.69) is 4.90 Å².